The van der Waals surface area contributed by atoms with Crippen molar-refractivity contribution in [1.29, 1.82) is 0 Å². The molecule has 1 aliphatic carbocycles. The van der Waals surface area contributed by atoms with Gasteiger partial charge in [0.05, 0.1) is 5.02 Å². The number of halogens is 1. The monoisotopic (exact) mass is 284 g/mol. The van der Waals surface area contributed by atoms with E-state index in [1.807, 2.05) is 12.1 Å². The molecule has 1 aromatic rings. The lowest BCUT2D eigenvalue weighted by Crippen LogP contribution is -2.38. The van der Waals surface area contributed by atoms with Crippen molar-refractivity contribution in [2.75, 3.05) is 12.3 Å². The minimum Gasteiger partial charge on any atom is -0.313 e. The molecular weight excluding hydrogens is 264 g/mol. The van der Waals surface area contributed by atoms with Crippen molar-refractivity contribution >= 4 is 23.4 Å². The maximum Gasteiger partial charge on any atom is 0.115 e. The number of nitrogens with zero attached hydrogens (tertiary/aromatic N) is 1. The summed E-state index contributed by atoms with van der Waals surface area (Å²) in [5.74, 6) is 1.85. The lowest BCUT2D eigenvalue weighted by molar-refractivity contribution is 0.285. The number of aromatic nitrogens is 1. The standard InChI is InChI=1S/C14H21ClN2S/c1-11-5-2-3-7-13(11)16-9-10-18-14-12(15)6-4-8-17-14/h4,6,8,11,13,16H,2-3,5,7,9-10H2,1H3. The fourth-order valence-electron chi connectivity index (χ4n) is 2.49. The highest BCUT2D eigenvalue weighted by Crippen LogP contribution is 2.25. The van der Waals surface area contributed by atoms with Gasteiger partial charge in [-0.3, -0.25) is 0 Å². The summed E-state index contributed by atoms with van der Waals surface area (Å²) in [4.78, 5) is 4.28. The Hall–Kier alpha value is -0.250. The average molecular weight is 285 g/mol. The Bertz CT molecular complexity index is 373. The normalized spacial score (nSPS) is 24.1. The number of hydrogen-bond donors (Lipinski definition) is 1. The molecule has 2 nitrogen and oxygen atoms in total. The maximum atomic E-state index is 6.07. The van der Waals surface area contributed by atoms with Crippen molar-refractivity contribution < 1.29 is 0 Å². The first-order valence-corrected chi connectivity index (χ1v) is 8.10. The molecule has 1 fully saturated rings. The Morgan fingerprint density at radius 2 is 2.28 bits per heavy atom. The molecule has 2 rings (SSSR count). The van der Waals surface area contributed by atoms with E-state index in [0.29, 0.717) is 6.04 Å². The quantitative estimate of drug-likeness (QED) is 0.654. The van der Waals surface area contributed by atoms with E-state index >= 15 is 0 Å². The Labute approximate surface area is 119 Å². The molecule has 0 bridgehead atoms. The van der Waals surface area contributed by atoms with Gasteiger partial charge in [-0.2, -0.15) is 0 Å². The number of hydrogen-bond acceptors (Lipinski definition) is 3. The van der Waals surface area contributed by atoms with E-state index < -0.39 is 0 Å². The second-order valence-corrected chi connectivity index (χ2v) is 6.45. The SMILES string of the molecule is CC1CCCCC1NCCSc1ncccc1Cl. The van der Waals surface area contributed by atoms with Gasteiger partial charge in [-0.25, -0.2) is 4.98 Å². The lowest BCUT2D eigenvalue weighted by Gasteiger charge is -2.29. The molecule has 0 amide bonds. The molecule has 0 saturated heterocycles. The van der Waals surface area contributed by atoms with Crippen molar-refractivity contribution in [2.24, 2.45) is 5.92 Å². The molecule has 4 heteroatoms. The summed E-state index contributed by atoms with van der Waals surface area (Å²) in [5, 5.41) is 5.37. The van der Waals surface area contributed by atoms with Crippen LogP contribution in [0.5, 0.6) is 0 Å². The summed E-state index contributed by atoms with van der Waals surface area (Å²) in [6, 6.07) is 4.47. The maximum absolute atomic E-state index is 6.07. The molecule has 18 heavy (non-hydrogen) atoms. The molecule has 2 atom stereocenters. The van der Waals surface area contributed by atoms with Crippen LogP contribution in [0.25, 0.3) is 0 Å². The molecule has 2 unspecified atom stereocenters. The van der Waals surface area contributed by atoms with Gasteiger partial charge in [0.2, 0.25) is 0 Å². The minimum atomic E-state index is 0.707. The number of thioether (sulfide) groups is 1. The summed E-state index contributed by atoms with van der Waals surface area (Å²) in [7, 11) is 0. The molecule has 100 valence electrons. The molecule has 1 aliphatic rings. The van der Waals surface area contributed by atoms with Gasteiger partial charge in [-0.05, 0) is 30.9 Å². The average Bonchev–Trinajstić information content (AvgIpc) is 2.38. The van der Waals surface area contributed by atoms with Crippen LogP contribution in [-0.2, 0) is 0 Å². The number of nitrogens with one attached hydrogen (secondary N) is 1. The number of rotatable bonds is 5. The molecule has 0 aliphatic heterocycles. The summed E-state index contributed by atoms with van der Waals surface area (Å²) in [6.07, 6.45) is 7.27. The van der Waals surface area contributed by atoms with Crippen molar-refractivity contribution in [1.82, 2.24) is 10.3 Å². The smallest absolute Gasteiger partial charge is 0.115 e. The molecule has 1 N–H and O–H groups in total. The molecule has 0 aromatic carbocycles. The first-order chi connectivity index (χ1) is 8.77. The van der Waals surface area contributed by atoms with Crippen molar-refractivity contribution in [3.05, 3.63) is 23.4 Å². The summed E-state index contributed by atoms with van der Waals surface area (Å²) >= 11 is 7.80. The van der Waals surface area contributed by atoms with Gasteiger partial charge < -0.3 is 5.32 Å². The zero-order valence-corrected chi connectivity index (χ0v) is 12.4. The first kappa shape index (κ1) is 14.2. The van der Waals surface area contributed by atoms with Crippen LogP contribution in [0.2, 0.25) is 5.02 Å². The minimum absolute atomic E-state index is 0.707. The second-order valence-electron chi connectivity index (χ2n) is 4.96. The molecule has 1 saturated carbocycles. The van der Waals surface area contributed by atoms with Gasteiger partial charge >= 0.3 is 0 Å². The third-order valence-corrected chi connectivity index (χ3v) is 5.01. The Kier molecular flexibility index (Phi) is 5.80. The summed E-state index contributed by atoms with van der Waals surface area (Å²) in [6.45, 7) is 3.40. The predicted molar refractivity (Wildman–Crippen MR) is 79.4 cm³/mol. The molecule has 0 spiro atoms. The Morgan fingerprint density at radius 3 is 3.06 bits per heavy atom. The predicted octanol–water partition coefficient (Wildman–Crippen LogP) is 4.00. The fraction of sp³-hybridized carbons (Fsp3) is 0.643. The first-order valence-electron chi connectivity index (χ1n) is 6.74. The van der Waals surface area contributed by atoms with Crippen LogP contribution in [0, 0.1) is 5.92 Å². The van der Waals surface area contributed by atoms with E-state index in [4.69, 9.17) is 11.6 Å². The van der Waals surface area contributed by atoms with Gasteiger partial charge in [0.1, 0.15) is 5.03 Å². The zero-order valence-electron chi connectivity index (χ0n) is 10.9. The Morgan fingerprint density at radius 1 is 1.44 bits per heavy atom. The van der Waals surface area contributed by atoms with Crippen molar-refractivity contribution in [2.45, 2.75) is 43.7 Å². The third kappa shape index (κ3) is 4.15. The van der Waals surface area contributed by atoms with Gasteiger partial charge in [-0.1, -0.05) is 31.4 Å². The van der Waals surface area contributed by atoms with Crippen LogP contribution in [-0.4, -0.2) is 23.3 Å². The zero-order chi connectivity index (χ0) is 12.8. The van der Waals surface area contributed by atoms with Crippen molar-refractivity contribution in [3.8, 4) is 0 Å². The fourth-order valence-corrected chi connectivity index (χ4v) is 3.53. The highest BCUT2D eigenvalue weighted by atomic mass is 35.5. The molecular formula is C14H21ClN2S. The highest BCUT2D eigenvalue weighted by molar-refractivity contribution is 7.99. The summed E-state index contributed by atoms with van der Waals surface area (Å²) < 4.78 is 0. The van der Waals surface area contributed by atoms with E-state index in [0.717, 1.165) is 28.3 Å². The van der Waals surface area contributed by atoms with E-state index in [1.165, 1.54) is 25.7 Å². The van der Waals surface area contributed by atoms with Gasteiger partial charge in [0.25, 0.3) is 0 Å². The molecule has 0 radical (unpaired) electrons. The summed E-state index contributed by atoms with van der Waals surface area (Å²) in [5.41, 5.74) is 0. The van der Waals surface area contributed by atoms with Crippen LogP contribution in [0.15, 0.2) is 23.4 Å². The van der Waals surface area contributed by atoms with E-state index in [1.54, 1.807) is 18.0 Å². The van der Waals surface area contributed by atoms with Crippen molar-refractivity contribution in [3.63, 3.8) is 0 Å². The van der Waals surface area contributed by atoms with Crippen LogP contribution in [0.1, 0.15) is 32.6 Å². The third-order valence-electron chi connectivity index (χ3n) is 3.58. The van der Waals surface area contributed by atoms with Gasteiger partial charge in [0.15, 0.2) is 0 Å². The van der Waals surface area contributed by atoms with Gasteiger partial charge in [0, 0.05) is 24.5 Å². The largest absolute Gasteiger partial charge is 0.313 e. The van der Waals surface area contributed by atoms with E-state index in [2.05, 4.69) is 17.2 Å². The molecule has 1 aromatic heterocycles. The topological polar surface area (TPSA) is 24.9 Å². The van der Waals surface area contributed by atoms with Crippen LogP contribution < -0.4 is 5.32 Å². The van der Waals surface area contributed by atoms with Crippen LogP contribution >= 0.6 is 23.4 Å². The van der Waals surface area contributed by atoms with E-state index in [9.17, 15) is 0 Å². The van der Waals surface area contributed by atoms with Gasteiger partial charge in [-0.15, -0.1) is 11.8 Å². The molecule has 1 heterocycles. The van der Waals surface area contributed by atoms with E-state index in [-0.39, 0.29) is 0 Å². The number of pyridine rings is 1. The van der Waals surface area contributed by atoms with Crippen LogP contribution in [0.4, 0.5) is 0 Å². The van der Waals surface area contributed by atoms with Crippen LogP contribution in [0.3, 0.4) is 0 Å². The second kappa shape index (κ2) is 7.37. The highest BCUT2D eigenvalue weighted by Gasteiger charge is 2.20. The lowest BCUT2D eigenvalue weighted by atomic mass is 9.86. The Balaban J connectivity index is 1.68.